The highest BCUT2D eigenvalue weighted by Gasteiger charge is 2.47. The molecule has 11 nitrogen and oxygen atoms in total. The minimum atomic E-state index is -1.09. The van der Waals surface area contributed by atoms with Crippen LogP contribution in [0.2, 0.25) is 0 Å². The number of azo groups is 1. The fourth-order valence-electron chi connectivity index (χ4n) is 5.51. The molecule has 2 aliphatic heterocycles. The number of aromatic nitrogens is 5. The first-order valence-electron chi connectivity index (χ1n) is 13.5. The van der Waals surface area contributed by atoms with Crippen LogP contribution in [0.1, 0.15) is 35.6 Å². The molecule has 5 aromatic rings. The number of rotatable bonds is 7. The molecule has 0 bridgehead atoms. The Labute approximate surface area is 239 Å². The second-order valence-corrected chi connectivity index (χ2v) is 10.4. The van der Waals surface area contributed by atoms with Crippen molar-refractivity contribution in [3.63, 3.8) is 0 Å². The van der Waals surface area contributed by atoms with Gasteiger partial charge in [0.2, 0.25) is 5.91 Å². The quantitative estimate of drug-likeness (QED) is 0.295. The summed E-state index contributed by atoms with van der Waals surface area (Å²) in [5.74, 6) is 0.909. The highest BCUT2D eigenvalue weighted by atomic mass is 19.1. The fourth-order valence-corrected chi connectivity index (χ4v) is 5.51. The normalized spacial score (nSPS) is 17.5. The van der Waals surface area contributed by atoms with E-state index in [1.165, 1.54) is 6.07 Å². The highest BCUT2D eigenvalue weighted by Crippen LogP contribution is 2.45. The smallest absolute Gasteiger partial charge is 0.240 e. The number of hydrogen-bond donors (Lipinski definition) is 2. The topological polar surface area (TPSA) is 149 Å². The van der Waals surface area contributed by atoms with Crippen LogP contribution in [0.5, 0.6) is 0 Å². The summed E-state index contributed by atoms with van der Waals surface area (Å²) in [7, 11) is 0. The molecule has 3 aromatic heterocycles. The number of amidine groups is 1. The van der Waals surface area contributed by atoms with Crippen LogP contribution >= 0.6 is 0 Å². The van der Waals surface area contributed by atoms with Gasteiger partial charge in [0.1, 0.15) is 34.4 Å². The molecule has 1 atom stereocenters. The van der Waals surface area contributed by atoms with E-state index in [4.69, 9.17) is 15.8 Å². The minimum absolute atomic E-state index is 0.170. The van der Waals surface area contributed by atoms with Gasteiger partial charge in [0.05, 0.1) is 17.5 Å². The number of amides is 1. The predicted molar refractivity (Wildman–Crippen MR) is 155 cm³/mol. The van der Waals surface area contributed by atoms with Gasteiger partial charge >= 0.3 is 0 Å². The molecule has 1 amide bonds. The lowest BCUT2D eigenvalue weighted by molar-refractivity contribution is -0.119. The van der Waals surface area contributed by atoms with Gasteiger partial charge in [0.25, 0.3) is 0 Å². The SMILES string of the molecule is C[C@@]1(c2ccc(CCC3=NCN=N3)cc2)C(=O)Nc2nc(-c3nn(Cc4ccccc4F)c4ncccc34)nc(N)c21. The van der Waals surface area contributed by atoms with E-state index in [0.29, 0.717) is 46.8 Å². The predicted octanol–water partition coefficient (Wildman–Crippen LogP) is 4.67. The maximum atomic E-state index is 14.4. The summed E-state index contributed by atoms with van der Waals surface area (Å²) in [5, 5.41) is 16.2. The first-order chi connectivity index (χ1) is 20.4. The Morgan fingerprint density at radius 3 is 2.67 bits per heavy atom. The molecule has 42 heavy (non-hydrogen) atoms. The molecule has 0 spiro atoms. The number of halogens is 1. The molecule has 3 N–H and O–H groups in total. The summed E-state index contributed by atoms with van der Waals surface area (Å²) in [6, 6.07) is 18.0. The maximum absolute atomic E-state index is 14.4. The maximum Gasteiger partial charge on any atom is 0.240 e. The van der Waals surface area contributed by atoms with Crippen molar-refractivity contribution in [2.24, 2.45) is 15.2 Å². The molecule has 0 aliphatic carbocycles. The van der Waals surface area contributed by atoms with Crippen molar-refractivity contribution in [2.45, 2.75) is 31.7 Å². The number of hydrogen-bond acceptors (Lipinski definition) is 9. The van der Waals surface area contributed by atoms with Crippen LogP contribution in [0.15, 0.2) is 82.1 Å². The number of fused-ring (bicyclic) bond motifs is 2. The minimum Gasteiger partial charge on any atom is -0.383 e. The van der Waals surface area contributed by atoms with Crippen molar-refractivity contribution in [3.05, 3.63) is 94.9 Å². The number of benzene rings is 2. The van der Waals surface area contributed by atoms with Gasteiger partial charge in [-0.15, -0.1) is 5.11 Å². The first kappa shape index (κ1) is 25.6. The van der Waals surface area contributed by atoms with Gasteiger partial charge in [0, 0.05) is 18.2 Å². The largest absolute Gasteiger partial charge is 0.383 e. The number of nitrogens with zero attached hydrogens (tertiary/aromatic N) is 8. The van der Waals surface area contributed by atoms with Crippen molar-refractivity contribution < 1.29 is 9.18 Å². The Morgan fingerprint density at radius 2 is 1.88 bits per heavy atom. The summed E-state index contributed by atoms with van der Waals surface area (Å²) in [4.78, 5) is 31.5. The van der Waals surface area contributed by atoms with E-state index in [1.807, 2.05) is 37.3 Å². The van der Waals surface area contributed by atoms with Crippen LogP contribution in [0.4, 0.5) is 16.0 Å². The van der Waals surface area contributed by atoms with Crippen LogP contribution in [-0.2, 0) is 23.2 Å². The highest BCUT2D eigenvalue weighted by molar-refractivity contribution is 6.09. The molecule has 7 rings (SSSR count). The monoisotopic (exact) mass is 560 g/mol. The number of anilines is 2. The Balaban J connectivity index is 1.23. The molecule has 208 valence electrons. The molecule has 0 unspecified atom stereocenters. The Bertz CT molecular complexity index is 1930. The molecule has 0 radical (unpaired) electrons. The van der Waals surface area contributed by atoms with E-state index in [2.05, 4.69) is 30.5 Å². The van der Waals surface area contributed by atoms with Crippen molar-refractivity contribution in [1.82, 2.24) is 24.7 Å². The number of carbonyl (C=O) groups excluding carboxylic acids is 1. The molecule has 5 heterocycles. The van der Waals surface area contributed by atoms with Crippen molar-refractivity contribution >= 4 is 34.4 Å². The summed E-state index contributed by atoms with van der Waals surface area (Å²) < 4.78 is 16.0. The third kappa shape index (κ3) is 4.19. The zero-order chi connectivity index (χ0) is 28.8. The molecule has 2 aliphatic rings. The summed E-state index contributed by atoms with van der Waals surface area (Å²) in [6.45, 7) is 2.39. The zero-order valence-corrected chi connectivity index (χ0v) is 22.6. The second kappa shape index (κ2) is 9.91. The molecular formula is C30H25FN10O. The van der Waals surface area contributed by atoms with Crippen molar-refractivity contribution in [3.8, 4) is 11.5 Å². The van der Waals surface area contributed by atoms with E-state index < -0.39 is 5.41 Å². The average molecular weight is 561 g/mol. The standard InChI is InChI=1S/C30H25FN10O/c1-30(19-11-8-17(9-12-19)10-13-22-34-16-35-39-22)23-25(32)36-27(37-26(23)38-29(30)42)24-20-6-4-14-33-28(20)41(40-24)15-18-5-2-3-7-21(18)31/h2-9,11-12,14H,10,13,15-16H2,1H3,(H3,32,36,37,38,42)/t30-/m0/s1. The second-order valence-electron chi connectivity index (χ2n) is 10.4. The van der Waals surface area contributed by atoms with Crippen molar-refractivity contribution in [2.75, 3.05) is 17.7 Å². The van der Waals surface area contributed by atoms with Gasteiger partial charge in [-0.1, -0.05) is 42.5 Å². The van der Waals surface area contributed by atoms with Crippen LogP contribution < -0.4 is 11.1 Å². The Kier molecular flexibility index (Phi) is 6.03. The van der Waals surface area contributed by atoms with Crippen molar-refractivity contribution in [1.29, 1.82) is 0 Å². The molecule has 0 saturated heterocycles. The lowest BCUT2D eigenvalue weighted by Gasteiger charge is -2.23. The van der Waals surface area contributed by atoms with Crippen LogP contribution in [0, 0.1) is 5.82 Å². The fraction of sp³-hybridized carbons (Fsp3) is 0.200. The molecule has 12 heteroatoms. The van der Waals surface area contributed by atoms with Gasteiger partial charge < -0.3 is 11.1 Å². The number of aliphatic imine (C=N–C) groups is 1. The van der Waals surface area contributed by atoms with Gasteiger partial charge in [-0.25, -0.2) is 29.0 Å². The summed E-state index contributed by atoms with van der Waals surface area (Å²) in [6.07, 6.45) is 3.11. The zero-order valence-electron chi connectivity index (χ0n) is 22.6. The average Bonchev–Trinajstić information content (AvgIpc) is 3.71. The number of nitrogens with two attached hydrogens (primary N) is 1. The molecular weight excluding hydrogens is 535 g/mol. The molecule has 0 saturated carbocycles. The Hall–Kier alpha value is -5.39. The third-order valence-electron chi connectivity index (χ3n) is 7.79. The number of aryl methyl sites for hydroxylation is 1. The van der Waals surface area contributed by atoms with Crippen LogP contribution in [0.3, 0.4) is 0 Å². The third-order valence-corrected chi connectivity index (χ3v) is 7.79. The van der Waals surface area contributed by atoms with Crippen LogP contribution in [0.25, 0.3) is 22.6 Å². The van der Waals surface area contributed by atoms with Gasteiger partial charge in [0.15, 0.2) is 18.1 Å². The summed E-state index contributed by atoms with van der Waals surface area (Å²) in [5.41, 5.74) is 9.30. The van der Waals surface area contributed by atoms with E-state index in [1.54, 1.807) is 35.1 Å². The molecule has 0 fully saturated rings. The van der Waals surface area contributed by atoms with E-state index in [0.717, 1.165) is 23.4 Å². The van der Waals surface area contributed by atoms with Gasteiger partial charge in [-0.2, -0.15) is 10.2 Å². The van der Waals surface area contributed by atoms with E-state index >= 15 is 0 Å². The number of pyridine rings is 1. The van der Waals surface area contributed by atoms with Gasteiger partial charge in [-0.05, 0) is 42.7 Å². The van der Waals surface area contributed by atoms with E-state index in [9.17, 15) is 9.18 Å². The summed E-state index contributed by atoms with van der Waals surface area (Å²) >= 11 is 0. The van der Waals surface area contributed by atoms with Crippen LogP contribution in [-0.4, -0.2) is 43.1 Å². The Morgan fingerprint density at radius 1 is 1.05 bits per heavy atom. The lowest BCUT2D eigenvalue weighted by atomic mass is 9.77. The lowest BCUT2D eigenvalue weighted by Crippen LogP contribution is -2.33. The first-order valence-corrected chi connectivity index (χ1v) is 13.5. The molecule has 2 aromatic carbocycles. The number of nitrogen functional groups attached to an aromatic ring is 1. The number of nitrogens with one attached hydrogen (secondary N) is 1. The van der Waals surface area contributed by atoms with Gasteiger partial charge in [-0.3, -0.25) is 4.79 Å². The number of carbonyl (C=O) groups is 1. The van der Waals surface area contributed by atoms with E-state index in [-0.39, 0.29) is 29.9 Å².